The fourth-order valence-electron chi connectivity index (χ4n) is 1.74. The lowest BCUT2D eigenvalue weighted by Crippen LogP contribution is -1.99. The van der Waals surface area contributed by atoms with Crippen LogP contribution in [0.1, 0.15) is 11.1 Å². The van der Waals surface area contributed by atoms with Crippen molar-refractivity contribution in [3.8, 4) is 11.1 Å². The van der Waals surface area contributed by atoms with Crippen molar-refractivity contribution in [3.05, 3.63) is 59.7 Å². The van der Waals surface area contributed by atoms with Crippen LogP contribution in [0.3, 0.4) is 0 Å². The van der Waals surface area contributed by atoms with Crippen molar-refractivity contribution in [2.45, 2.75) is 13.1 Å². The highest BCUT2D eigenvalue weighted by Crippen LogP contribution is 2.23. The van der Waals surface area contributed by atoms with Crippen LogP contribution in [0.2, 0.25) is 0 Å². The third-order valence-electron chi connectivity index (χ3n) is 2.67. The van der Waals surface area contributed by atoms with E-state index < -0.39 is 0 Å². The molecule has 0 fully saturated rings. The van der Waals surface area contributed by atoms with Gasteiger partial charge in [-0.05, 0) is 34.4 Å². The molecule has 0 aliphatic rings. The molecule has 81 valence electrons. The molecular weight excluding hydrogens is 196 g/mol. The van der Waals surface area contributed by atoms with Crippen molar-refractivity contribution < 1.29 is 0 Å². The van der Waals surface area contributed by atoms with Crippen LogP contribution in [0.4, 0.5) is 0 Å². The average Bonchev–Trinajstić information content (AvgIpc) is 2.39. The Labute approximate surface area is 95.9 Å². The Morgan fingerprint density at radius 1 is 0.938 bits per heavy atom. The molecule has 4 N–H and O–H groups in total. The minimum atomic E-state index is 0.533. The van der Waals surface area contributed by atoms with E-state index in [1.807, 2.05) is 30.3 Å². The molecule has 0 aliphatic carbocycles. The van der Waals surface area contributed by atoms with Gasteiger partial charge in [-0.2, -0.15) is 0 Å². The third kappa shape index (κ3) is 2.13. The Morgan fingerprint density at radius 2 is 1.69 bits per heavy atom. The molecule has 2 aromatic rings. The van der Waals surface area contributed by atoms with Crippen molar-refractivity contribution in [3.63, 3.8) is 0 Å². The highest BCUT2D eigenvalue weighted by Gasteiger charge is 2.02. The lowest BCUT2D eigenvalue weighted by atomic mass is 9.99. The Kier molecular flexibility index (Phi) is 3.34. The summed E-state index contributed by atoms with van der Waals surface area (Å²) >= 11 is 0. The van der Waals surface area contributed by atoms with Gasteiger partial charge in [-0.15, -0.1) is 0 Å². The van der Waals surface area contributed by atoms with Gasteiger partial charge < -0.3 is 11.5 Å². The first-order valence-corrected chi connectivity index (χ1v) is 5.33. The van der Waals surface area contributed by atoms with Crippen molar-refractivity contribution in [2.24, 2.45) is 11.5 Å². The monoisotopic (exact) mass is 211 g/mol. The van der Waals surface area contributed by atoms with E-state index in [9.17, 15) is 0 Å². The van der Waals surface area contributed by atoms with E-state index in [0.29, 0.717) is 13.1 Å². The van der Waals surface area contributed by atoms with E-state index in [1.54, 1.807) is 0 Å². The van der Waals surface area contributed by atoms with Gasteiger partial charge in [0, 0.05) is 13.1 Å². The second-order valence-corrected chi connectivity index (χ2v) is 3.69. The van der Waals surface area contributed by atoms with Gasteiger partial charge in [0.05, 0.1) is 0 Å². The second-order valence-electron chi connectivity index (χ2n) is 3.69. The van der Waals surface area contributed by atoms with Crippen LogP contribution in [0, 0.1) is 6.07 Å². The summed E-state index contributed by atoms with van der Waals surface area (Å²) in [5.41, 5.74) is 15.9. The van der Waals surface area contributed by atoms with E-state index in [-0.39, 0.29) is 0 Å². The first kappa shape index (κ1) is 10.9. The topological polar surface area (TPSA) is 52.0 Å². The predicted octanol–water partition coefficient (Wildman–Crippen LogP) is 2.07. The van der Waals surface area contributed by atoms with Crippen LogP contribution in [-0.4, -0.2) is 0 Å². The van der Waals surface area contributed by atoms with Gasteiger partial charge in [0.15, 0.2) is 0 Å². The normalized spacial score (nSPS) is 10.4. The van der Waals surface area contributed by atoms with Gasteiger partial charge in [0.25, 0.3) is 0 Å². The SMILES string of the molecule is NCc1ccc(-c2cc[c]cc2CN)cc1. The molecule has 0 saturated heterocycles. The predicted molar refractivity (Wildman–Crippen MR) is 66.5 cm³/mol. The van der Waals surface area contributed by atoms with E-state index in [1.165, 1.54) is 11.1 Å². The maximum absolute atomic E-state index is 5.70. The van der Waals surface area contributed by atoms with Crippen LogP contribution >= 0.6 is 0 Å². The quantitative estimate of drug-likeness (QED) is 0.816. The molecule has 0 bridgehead atoms. The van der Waals surface area contributed by atoms with Crippen LogP contribution in [0.5, 0.6) is 0 Å². The molecule has 2 nitrogen and oxygen atoms in total. The number of nitrogens with two attached hydrogens (primary N) is 2. The first-order valence-electron chi connectivity index (χ1n) is 5.33. The lowest BCUT2D eigenvalue weighted by Gasteiger charge is -2.08. The fourth-order valence-corrected chi connectivity index (χ4v) is 1.74. The van der Waals surface area contributed by atoms with E-state index in [0.717, 1.165) is 11.1 Å². The zero-order valence-corrected chi connectivity index (χ0v) is 9.11. The molecule has 2 rings (SSSR count). The maximum atomic E-state index is 5.70. The Balaban J connectivity index is 2.42. The van der Waals surface area contributed by atoms with Gasteiger partial charge in [-0.3, -0.25) is 0 Å². The minimum absolute atomic E-state index is 0.533. The van der Waals surface area contributed by atoms with Gasteiger partial charge in [0.1, 0.15) is 0 Å². The number of hydrogen-bond donors (Lipinski definition) is 2. The highest BCUT2D eigenvalue weighted by molar-refractivity contribution is 5.67. The van der Waals surface area contributed by atoms with Gasteiger partial charge in [-0.1, -0.05) is 36.4 Å². The first-order chi connectivity index (χ1) is 7.85. The zero-order chi connectivity index (χ0) is 11.4. The third-order valence-corrected chi connectivity index (χ3v) is 2.67. The van der Waals surface area contributed by atoms with Crippen molar-refractivity contribution in [1.29, 1.82) is 0 Å². The van der Waals surface area contributed by atoms with Crippen LogP contribution in [-0.2, 0) is 13.1 Å². The fraction of sp³-hybridized carbons (Fsp3) is 0.143. The van der Waals surface area contributed by atoms with Crippen LogP contribution in [0.15, 0.2) is 42.5 Å². The molecular formula is C14H15N2. The van der Waals surface area contributed by atoms with Crippen molar-refractivity contribution >= 4 is 0 Å². The van der Waals surface area contributed by atoms with Crippen LogP contribution in [0.25, 0.3) is 11.1 Å². The molecule has 0 spiro atoms. The Morgan fingerprint density at radius 3 is 2.31 bits per heavy atom. The molecule has 16 heavy (non-hydrogen) atoms. The Bertz CT molecular complexity index is 460. The lowest BCUT2D eigenvalue weighted by molar-refractivity contribution is 1.07. The van der Waals surface area contributed by atoms with E-state index in [2.05, 4.69) is 18.2 Å². The molecule has 1 radical (unpaired) electrons. The second kappa shape index (κ2) is 4.92. The largest absolute Gasteiger partial charge is 0.326 e. The summed E-state index contributed by atoms with van der Waals surface area (Å²) in [6.45, 7) is 1.11. The van der Waals surface area contributed by atoms with E-state index in [4.69, 9.17) is 11.5 Å². The number of hydrogen-bond acceptors (Lipinski definition) is 2. The molecule has 0 aliphatic heterocycles. The molecule has 0 atom stereocenters. The summed E-state index contributed by atoms with van der Waals surface area (Å²) in [6, 6.07) is 17.2. The zero-order valence-electron chi connectivity index (χ0n) is 9.11. The van der Waals surface area contributed by atoms with Gasteiger partial charge in [0.2, 0.25) is 0 Å². The molecule has 2 aromatic carbocycles. The molecule has 0 unspecified atom stereocenters. The summed E-state index contributed by atoms with van der Waals surface area (Å²) in [5, 5.41) is 0. The molecule has 2 heteroatoms. The van der Waals surface area contributed by atoms with Gasteiger partial charge >= 0.3 is 0 Å². The van der Waals surface area contributed by atoms with Crippen molar-refractivity contribution in [1.82, 2.24) is 0 Å². The molecule has 0 amide bonds. The molecule has 0 aromatic heterocycles. The summed E-state index contributed by atoms with van der Waals surface area (Å²) < 4.78 is 0. The average molecular weight is 211 g/mol. The number of benzene rings is 2. The minimum Gasteiger partial charge on any atom is -0.326 e. The summed E-state index contributed by atoms with van der Waals surface area (Å²) in [5.74, 6) is 0. The van der Waals surface area contributed by atoms with E-state index >= 15 is 0 Å². The molecule has 0 heterocycles. The standard InChI is InChI=1S/C14H15N2/c15-9-11-5-7-12(8-6-11)14-4-2-1-3-13(14)10-16/h2-8H,9-10,15-16H2. The smallest absolute Gasteiger partial charge is 0.0184 e. The summed E-state index contributed by atoms with van der Waals surface area (Å²) in [4.78, 5) is 0. The van der Waals surface area contributed by atoms with Crippen LogP contribution < -0.4 is 11.5 Å². The molecule has 0 saturated carbocycles. The Hall–Kier alpha value is -1.64. The number of rotatable bonds is 3. The van der Waals surface area contributed by atoms with Gasteiger partial charge in [-0.25, -0.2) is 0 Å². The van der Waals surface area contributed by atoms with Crippen molar-refractivity contribution in [2.75, 3.05) is 0 Å². The maximum Gasteiger partial charge on any atom is 0.0184 e. The summed E-state index contributed by atoms with van der Waals surface area (Å²) in [7, 11) is 0. The highest BCUT2D eigenvalue weighted by atomic mass is 14.5. The summed E-state index contributed by atoms with van der Waals surface area (Å²) in [6.07, 6.45) is 0.